The van der Waals surface area contributed by atoms with Gasteiger partial charge in [-0.1, -0.05) is 55.0 Å². The molecule has 2 unspecified atom stereocenters. The number of nitrogens with zero attached hydrogens (tertiary/aromatic N) is 1. The van der Waals surface area contributed by atoms with Gasteiger partial charge in [-0.05, 0) is 31.0 Å². The summed E-state index contributed by atoms with van der Waals surface area (Å²) in [4.78, 5) is 13.2. The van der Waals surface area contributed by atoms with E-state index in [0.29, 0.717) is 11.3 Å². The molecule has 0 radical (unpaired) electrons. The largest absolute Gasteiger partial charge is 0.468 e. The van der Waals surface area contributed by atoms with Crippen LogP contribution in [0.5, 0.6) is 0 Å². The number of carbonyl (C=O) groups excluding carboxylic acids is 1. The Morgan fingerprint density at radius 3 is 2.33 bits per heavy atom. The van der Waals surface area contributed by atoms with Gasteiger partial charge in [-0.15, -0.1) is 0 Å². The molecule has 4 atom stereocenters. The number of methoxy groups -OCH3 is 1. The summed E-state index contributed by atoms with van der Waals surface area (Å²) in [6, 6.07) is 17.0. The van der Waals surface area contributed by atoms with E-state index in [-0.39, 0.29) is 12.0 Å². The normalized spacial score (nSPS) is 26.6. The molecule has 0 aliphatic carbocycles. The highest BCUT2D eigenvalue weighted by atomic mass is 32.2. The van der Waals surface area contributed by atoms with Crippen LogP contribution >= 0.6 is 0 Å². The minimum absolute atomic E-state index is 0.238. The molecule has 3 rings (SSSR count). The van der Waals surface area contributed by atoms with E-state index in [0.717, 1.165) is 11.1 Å². The number of carbonyl (C=O) groups is 1. The lowest BCUT2D eigenvalue weighted by atomic mass is 9.97. The van der Waals surface area contributed by atoms with E-state index < -0.39 is 16.5 Å². The second-order valence-corrected chi connectivity index (χ2v) is 7.33. The Morgan fingerprint density at radius 2 is 1.79 bits per heavy atom. The molecule has 5 heteroatoms. The summed E-state index contributed by atoms with van der Waals surface area (Å²) in [5.41, 5.74) is 1.22. The highest BCUT2D eigenvalue weighted by Gasteiger charge is 2.71. The Morgan fingerprint density at radius 1 is 1.17 bits per heavy atom. The Hall–Kier alpha value is -1.98. The maximum atomic E-state index is 13.1. The number of ether oxygens (including phenoxy) is 1. The van der Waals surface area contributed by atoms with Crippen LogP contribution in [0.2, 0.25) is 0 Å². The van der Waals surface area contributed by atoms with Crippen molar-refractivity contribution in [2.75, 3.05) is 7.11 Å². The topological polar surface area (TPSA) is 46.4 Å². The standard InChI is InChI=1S/C19H21NO3S/c1-4-19(18(21)23-3)17(15-8-6-5-7-9-15)20(19)24(22)16-12-10-14(2)11-13-16/h5-13,17H,4H2,1-3H3/t17-,19-,20?,24?/m0/s1. The third kappa shape index (κ3) is 2.58. The smallest absolute Gasteiger partial charge is 0.329 e. The van der Waals surface area contributed by atoms with Crippen LogP contribution in [-0.4, -0.2) is 27.1 Å². The van der Waals surface area contributed by atoms with Gasteiger partial charge in [0.05, 0.1) is 18.0 Å². The lowest BCUT2D eigenvalue weighted by molar-refractivity contribution is -0.144. The van der Waals surface area contributed by atoms with Crippen LogP contribution in [0, 0.1) is 6.92 Å². The van der Waals surface area contributed by atoms with Crippen molar-refractivity contribution in [3.63, 3.8) is 0 Å². The lowest BCUT2D eigenvalue weighted by Crippen LogP contribution is -2.31. The first-order chi connectivity index (χ1) is 11.6. The second kappa shape index (κ2) is 6.49. The molecule has 1 aliphatic heterocycles. The Labute approximate surface area is 145 Å². The quantitative estimate of drug-likeness (QED) is 0.617. The number of aryl methyl sites for hydroxylation is 1. The first-order valence-corrected chi connectivity index (χ1v) is 9.08. The predicted molar refractivity (Wildman–Crippen MR) is 93.6 cm³/mol. The molecule has 4 nitrogen and oxygen atoms in total. The van der Waals surface area contributed by atoms with Crippen molar-refractivity contribution in [3.8, 4) is 0 Å². The summed E-state index contributed by atoms with van der Waals surface area (Å²) in [5, 5.41) is 0. The molecule has 1 heterocycles. The second-order valence-electron chi connectivity index (χ2n) is 5.97. The fraction of sp³-hybridized carbons (Fsp3) is 0.316. The SMILES string of the molecule is CC[C@@]1(C(=O)OC)[C@H](c2ccccc2)N1S(=O)c1ccc(C)cc1. The van der Waals surface area contributed by atoms with E-state index in [9.17, 15) is 9.00 Å². The van der Waals surface area contributed by atoms with E-state index in [1.807, 2.05) is 68.4 Å². The third-order valence-electron chi connectivity index (χ3n) is 4.61. The molecule has 2 aromatic rings. The first-order valence-electron chi connectivity index (χ1n) is 7.97. The van der Waals surface area contributed by atoms with E-state index >= 15 is 0 Å². The number of rotatable bonds is 5. The zero-order valence-corrected chi connectivity index (χ0v) is 14.9. The van der Waals surface area contributed by atoms with Crippen LogP contribution in [0.25, 0.3) is 0 Å². The predicted octanol–water partition coefficient (Wildman–Crippen LogP) is 3.40. The minimum atomic E-state index is -1.42. The van der Waals surface area contributed by atoms with Gasteiger partial charge in [0.2, 0.25) is 0 Å². The average molecular weight is 343 g/mol. The molecular formula is C19H21NO3S. The van der Waals surface area contributed by atoms with Crippen molar-refractivity contribution in [2.45, 2.75) is 36.7 Å². The van der Waals surface area contributed by atoms with E-state index in [4.69, 9.17) is 4.74 Å². The van der Waals surface area contributed by atoms with Crippen molar-refractivity contribution in [1.29, 1.82) is 0 Å². The Bertz CT molecular complexity index is 760. The lowest BCUT2D eigenvalue weighted by Gasteiger charge is -2.12. The highest BCUT2D eigenvalue weighted by Crippen LogP contribution is 2.58. The Balaban J connectivity index is 2.01. The number of hydrogen-bond acceptors (Lipinski definition) is 3. The molecule has 0 bridgehead atoms. The van der Waals surface area contributed by atoms with E-state index in [2.05, 4.69) is 0 Å². The van der Waals surface area contributed by atoms with Crippen LogP contribution < -0.4 is 0 Å². The number of esters is 1. The summed E-state index contributed by atoms with van der Waals surface area (Å²) >= 11 is 0. The van der Waals surface area contributed by atoms with E-state index in [1.54, 1.807) is 4.31 Å². The van der Waals surface area contributed by atoms with Gasteiger partial charge in [-0.3, -0.25) is 0 Å². The average Bonchev–Trinajstić information content (AvgIpc) is 3.32. The Kier molecular flexibility index (Phi) is 4.56. The summed E-state index contributed by atoms with van der Waals surface area (Å²) in [6.45, 7) is 3.92. The maximum Gasteiger partial charge on any atom is 0.329 e. The summed E-state index contributed by atoms with van der Waals surface area (Å²) in [5.74, 6) is -0.334. The summed E-state index contributed by atoms with van der Waals surface area (Å²) in [6.07, 6.45) is 0.539. The van der Waals surface area contributed by atoms with Gasteiger partial charge in [0.25, 0.3) is 0 Å². The molecule has 0 aromatic heterocycles. The molecule has 0 saturated carbocycles. The van der Waals surface area contributed by atoms with Gasteiger partial charge in [-0.25, -0.2) is 9.00 Å². The van der Waals surface area contributed by atoms with Crippen LogP contribution in [-0.2, 0) is 20.5 Å². The number of hydrogen-bond donors (Lipinski definition) is 0. The molecule has 1 fully saturated rings. The van der Waals surface area contributed by atoms with Crippen molar-refractivity contribution in [1.82, 2.24) is 4.31 Å². The van der Waals surface area contributed by atoms with Crippen molar-refractivity contribution < 1.29 is 13.7 Å². The van der Waals surface area contributed by atoms with Crippen molar-refractivity contribution in [2.24, 2.45) is 0 Å². The van der Waals surface area contributed by atoms with Crippen LogP contribution in [0.15, 0.2) is 59.5 Å². The monoisotopic (exact) mass is 343 g/mol. The molecule has 0 N–H and O–H groups in total. The van der Waals surface area contributed by atoms with Crippen LogP contribution in [0.3, 0.4) is 0 Å². The van der Waals surface area contributed by atoms with Crippen molar-refractivity contribution in [3.05, 3.63) is 65.7 Å². The van der Waals surface area contributed by atoms with Gasteiger partial charge in [-0.2, -0.15) is 4.31 Å². The first kappa shape index (κ1) is 16.9. The molecule has 0 amide bonds. The summed E-state index contributed by atoms with van der Waals surface area (Å²) < 4.78 is 19.9. The van der Waals surface area contributed by atoms with Crippen molar-refractivity contribution >= 4 is 17.0 Å². The van der Waals surface area contributed by atoms with Crippen LogP contribution in [0.4, 0.5) is 0 Å². The molecular weight excluding hydrogens is 322 g/mol. The molecule has 126 valence electrons. The van der Waals surface area contributed by atoms with Gasteiger partial charge in [0.15, 0.2) is 5.54 Å². The number of benzene rings is 2. The maximum absolute atomic E-state index is 13.1. The fourth-order valence-electron chi connectivity index (χ4n) is 3.24. The van der Waals surface area contributed by atoms with Gasteiger partial charge in [0.1, 0.15) is 11.0 Å². The van der Waals surface area contributed by atoms with E-state index in [1.165, 1.54) is 7.11 Å². The third-order valence-corrected chi connectivity index (χ3v) is 6.18. The minimum Gasteiger partial charge on any atom is -0.468 e. The molecule has 1 saturated heterocycles. The van der Waals surface area contributed by atoms with Gasteiger partial charge in [0, 0.05) is 0 Å². The van der Waals surface area contributed by atoms with Gasteiger partial charge >= 0.3 is 5.97 Å². The molecule has 24 heavy (non-hydrogen) atoms. The zero-order valence-electron chi connectivity index (χ0n) is 14.1. The van der Waals surface area contributed by atoms with Gasteiger partial charge < -0.3 is 4.74 Å². The summed E-state index contributed by atoms with van der Waals surface area (Å²) in [7, 11) is -0.0398. The fourth-order valence-corrected chi connectivity index (χ4v) is 4.87. The van der Waals surface area contributed by atoms with Crippen LogP contribution in [0.1, 0.15) is 30.5 Å². The zero-order chi connectivity index (χ0) is 17.3. The highest BCUT2D eigenvalue weighted by molar-refractivity contribution is 7.83. The molecule has 2 aromatic carbocycles. The molecule has 0 spiro atoms. The molecule has 1 aliphatic rings.